The molecular formula is C16H18BrN3O. The second-order valence-corrected chi connectivity index (χ2v) is 6.21. The highest BCUT2D eigenvalue weighted by atomic mass is 79.9. The Balaban J connectivity index is 1.57. The van der Waals surface area contributed by atoms with Crippen LogP contribution in [0.3, 0.4) is 0 Å². The molecule has 1 aliphatic rings. The quantitative estimate of drug-likeness (QED) is 0.923. The van der Waals surface area contributed by atoms with Crippen LogP contribution >= 0.6 is 15.9 Å². The summed E-state index contributed by atoms with van der Waals surface area (Å²) in [7, 11) is 0. The average Bonchev–Trinajstić information content (AvgIpc) is 2.90. The number of nitrogen functional groups attached to an aromatic ring is 1. The normalized spacial score (nSPS) is 18.8. The highest BCUT2D eigenvalue weighted by Crippen LogP contribution is 2.25. The second-order valence-electron chi connectivity index (χ2n) is 5.30. The molecule has 21 heavy (non-hydrogen) atoms. The number of nitrogens with two attached hydrogens (primary N) is 1. The molecule has 110 valence electrons. The molecule has 0 spiro atoms. The SMILES string of the molecule is Nc1cc(Br)cnc1OC1CCN(Cc2ccccc2)C1. The first-order chi connectivity index (χ1) is 10.2. The lowest BCUT2D eigenvalue weighted by Crippen LogP contribution is -2.25. The van der Waals surface area contributed by atoms with E-state index < -0.39 is 0 Å². The minimum Gasteiger partial charge on any atom is -0.471 e. The van der Waals surface area contributed by atoms with Crippen molar-refractivity contribution in [3.63, 3.8) is 0 Å². The van der Waals surface area contributed by atoms with E-state index in [1.54, 1.807) is 6.20 Å². The number of halogens is 1. The molecule has 1 aromatic heterocycles. The van der Waals surface area contributed by atoms with Crippen LogP contribution in [0.1, 0.15) is 12.0 Å². The summed E-state index contributed by atoms with van der Waals surface area (Å²) in [5.41, 5.74) is 7.83. The number of pyridine rings is 1. The lowest BCUT2D eigenvalue weighted by atomic mass is 10.2. The molecule has 1 saturated heterocycles. The first kappa shape index (κ1) is 14.4. The van der Waals surface area contributed by atoms with Crippen molar-refractivity contribution in [3.8, 4) is 5.88 Å². The molecule has 2 heterocycles. The molecule has 1 unspecified atom stereocenters. The molecule has 0 bridgehead atoms. The molecule has 1 atom stereocenters. The molecule has 2 N–H and O–H groups in total. The third-order valence-electron chi connectivity index (χ3n) is 3.60. The predicted octanol–water partition coefficient (Wildman–Crippen LogP) is 3.08. The fraction of sp³-hybridized carbons (Fsp3) is 0.312. The molecule has 0 radical (unpaired) electrons. The number of likely N-dealkylation sites (tertiary alicyclic amines) is 1. The van der Waals surface area contributed by atoms with Crippen molar-refractivity contribution in [2.75, 3.05) is 18.8 Å². The second kappa shape index (κ2) is 6.45. The zero-order valence-electron chi connectivity index (χ0n) is 11.7. The van der Waals surface area contributed by atoms with E-state index in [-0.39, 0.29) is 6.10 Å². The maximum atomic E-state index is 5.93. The van der Waals surface area contributed by atoms with E-state index in [1.165, 1.54) is 5.56 Å². The van der Waals surface area contributed by atoms with Crippen molar-refractivity contribution in [2.45, 2.75) is 19.1 Å². The van der Waals surface area contributed by atoms with Crippen LogP contribution in [0.5, 0.6) is 5.88 Å². The zero-order chi connectivity index (χ0) is 14.7. The first-order valence-electron chi connectivity index (χ1n) is 7.04. The van der Waals surface area contributed by atoms with Crippen LogP contribution in [0, 0.1) is 0 Å². The maximum Gasteiger partial charge on any atom is 0.237 e. The van der Waals surface area contributed by atoms with Crippen LogP contribution in [-0.4, -0.2) is 29.1 Å². The summed E-state index contributed by atoms with van der Waals surface area (Å²) in [5, 5.41) is 0. The van der Waals surface area contributed by atoms with Crippen molar-refractivity contribution in [1.82, 2.24) is 9.88 Å². The molecule has 4 nitrogen and oxygen atoms in total. The van der Waals surface area contributed by atoms with Gasteiger partial charge in [-0.15, -0.1) is 0 Å². The van der Waals surface area contributed by atoms with E-state index in [2.05, 4.69) is 50.1 Å². The number of aromatic nitrogens is 1. The van der Waals surface area contributed by atoms with Crippen LogP contribution in [0.25, 0.3) is 0 Å². The van der Waals surface area contributed by atoms with Gasteiger partial charge in [-0.25, -0.2) is 4.98 Å². The van der Waals surface area contributed by atoms with Crippen LogP contribution in [-0.2, 0) is 6.54 Å². The molecule has 0 aliphatic carbocycles. The molecule has 2 aromatic rings. The summed E-state index contributed by atoms with van der Waals surface area (Å²) in [6.45, 7) is 2.91. The van der Waals surface area contributed by atoms with Gasteiger partial charge in [0.2, 0.25) is 5.88 Å². The van der Waals surface area contributed by atoms with Crippen molar-refractivity contribution >= 4 is 21.6 Å². The Labute approximate surface area is 133 Å². The number of anilines is 1. The average molecular weight is 348 g/mol. The van der Waals surface area contributed by atoms with E-state index in [0.29, 0.717) is 11.6 Å². The number of hydrogen-bond acceptors (Lipinski definition) is 4. The fourth-order valence-electron chi connectivity index (χ4n) is 2.58. The van der Waals surface area contributed by atoms with Gasteiger partial charge in [0.05, 0.1) is 5.69 Å². The smallest absolute Gasteiger partial charge is 0.237 e. The summed E-state index contributed by atoms with van der Waals surface area (Å²) in [6.07, 6.45) is 2.87. The van der Waals surface area contributed by atoms with E-state index in [0.717, 1.165) is 30.5 Å². The van der Waals surface area contributed by atoms with Gasteiger partial charge in [-0.3, -0.25) is 4.90 Å². The molecule has 0 saturated carbocycles. The summed E-state index contributed by atoms with van der Waals surface area (Å²) >= 11 is 3.35. The Bertz CT molecular complexity index is 606. The number of ether oxygens (including phenoxy) is 1. The summed E-state index contributed by atoms with van der Waals surface area (Å²) in [5.74, 6) is 0.532. The van der Waals surface area contributed by atoms with Gasteiger partial charge >= 0.3 is 0 Å². The topological polar surface area (TPSA) is 51.4 Å². The van der Waals surface area contributed by atoms with E-state index >= 15 is 0 Å². The molecule has 1 aromatic carbocycles. The van der Waals surface area contributed by atoms with Gasteiger partial charge in [-0.1, -0.05) is 30.3 Å². The van der Waals surface area contributed by atoms with Crippen LogP contribution in [0.4, 0.5) is 5.69 Å². The monoisotopic (exact) mass is 347 g/mol. The largest absolute Gasteiger partial charge is 0.471 e. The van der Waals surface area contributed by atoms with Gasteiger partial charge in [0, 0.05) is 30.3 Å². The lowest BCUT2D eigenvalue weighted by molar-refractivity contribution is 0.192. The van der Waals surface area contributed by atoms with Gasteiger partial charge in [0.15, 0.2) is 0 Å². The molecular weight excluding hydrogens is 330 g/mol. The number of benzene rings is 1. The Morgan fingerprint density at radius 3 is 2.90 bits per heavy atom. The van der Waals surface area contributed by atoms with Crippen LogP contribution < -0.4 is 10.5 Å². The van der Waals surface area contributed by atoms with Crippen molar-refractivity contribution in [2.24, 2.45) is 0 Å². The summed E-state index contributed by atoms with van der Waals surface area (Å²) in [4.78, 5) is 6.64. The fourth-order valence-corrected chi connectivity index (χ4v) is 2.93. The Morgan fingerprint density at radius 2 is 2.14 bits per heavy atom. The minimum absolute atomic E-state index is 0.157. The van der Waals surface area contributed by atoms with E-state index in [9.17, 15) is 0 Å². The van der Waals surface area contributed by atoms with Gasteiger partial charge in [0.1, 0.15) is 6.10 Å². The zero-order valence-corrected chi connectivity index (χ0v) is 13.3. The lowest BCUT2D eigenvalue weighted by Gasteiger charge is -2.17. The maximum absolute atomic E-state index is 5.93. The molecule has 0 amide bonds. The number of nitrogens with zero attached hydrogens (tertiary/aromatic N) is 2. The molecule has 1 fully saturated rings. The highest BCUT2D eigenvalue weighted by molar-refractivity contribution is 9.10. The number of rotatable bonds is 4. The first-order valence-corrected chi connectivity index (χ1v) is 7.84. The molecule has 3 rings (SSSR count). The van der Waals surface area contributed by atoms with Gasteiger partial charge in [-0.05, 0) is 34.0 Å². The van der Waals surface area contributed by atoms with E-state index in [4.69, 9.17) is 10.5 Å². The van der Waals surface area contributed by atoms with Gasteiger partial charge in [-0.2, -0.15) is 0 Å². The van der Waals surface area contributed by atoms with Gasteiger partial charge < -0.3 is 10.5 Å². The van der Waals surface area contributed by atoms with Gasteiger partial charge in [0.25, 0.3) is 0 Å². The van der Waals surface area contributed by atoms with E-state index in [1.807, 2.05) is 12.1 Å². The molecule has 5 heteroatoms. The summed E-state index contributed by atoms with van der Waals surface area (Å²) < 4.78 is 6.80. The third kappa shape index (κ3) is 3.74. The Morgan fingerprint density at radius 1 is 1.33 bits per heavy atom. The minimum atomic E-state index is 0.157. The standard InChI is InChI=1S/C16H18BrN3O/c17-13-8-15(18)16(19-9-13)21-14-6-7-20(11-14)10-12-4-2-1-3-5-12/h1-5,8-9,14H,6-7,10-11,18H2. The van der Waals surface area contributed by atoms with Crippen LogP contribution in [0.2, 0.25) is 0 Å². The Hall–Kier alpha value is -1.59. The van der Waals surface area contributed by atoms with Crippen molar-refractivity contribution < 1.29 is 4.74 Å². The molecule has 1 aliphatic heterocycles. The van der Waals surface area contributed by atoms with Crippen molar-refractivity contribution in [3.05, 3.63) is 52.6 Å². The predicted molar refractivity (Wildman–Crippen MR) is 87.1 cm³/mol. The summed E-state index contributed by atoms with van der Waals surface area (Å²) in [6, 6.07) is 12.3. The highest BCUT2D eigenvalue weighted by Gasteiger charge is 2.24. The Kier molecular flexibility index (Phi) is 4.41. The number of hydrogen-bond donors (Lipinski definition) is 1. The third-order valence-corrected chi connectivity index (χ3v) is 4.04. The van der Waals surface area contributed by atoms with Crippen LogP contribution in [0.15, 0.2) is 47.1 Å². The van der Waals surface area contributed by atoms with Crippen molar-refractivity contribution in [1.29, 1.82) is 0 Å².